The number of Topliss-reactive ketones (excluding diaryl/α,β-unsaturated/α-hetero) is 1. The predicted octanol–water partition coefficient (Wildman–Crippen LogP) is 4.10. The van der Waals surface area contributed by atoms with Crippen molar-refractivity contribution in [1.82, 2.24) is 5.32 Å². The number of hydrogen-bond acceptors (Lipinski definition) is 3. The molecule has 1 rings (SSSR count). The topological polar surface area (TPSA) is 55.4 Å². The van der Waals surface area contributed by atoms with Gasteiger partial charge in [0.15, 0.2) is 0 Å². The van der Waals surface area contributed by atoms with Crippen molar-refractivity contribution in [1.29, 1.82) is 0 Å². The largest absolute Gasteiger partial charge is 0.543 e. The summed E-state index contributed by atoms with van der Waals surface area (Å²) in [5.41, 5.74) is 1.14. The Labute approximate surface area is 147 Å². The molecule has 0 spiro atoms. The lowest BCUT2D eigenvalue weighted by Crippen LogP contribution is -2.43. The van der Waals surface area contributed by atoms with Crippen molar-refractivity contribution < 1.29 is 14.0 Å². The SMILES string of the molecule is CC(=O)CCC(=O)NCCc1cccc(O[Si](C)(C)C(C)(C)C)c1. The van der Waals surface area contributed by atoms with Gasteiger partial charge in [0.05, 0.1) is 0 Å². The molecule has 1 amide bonds. The van der Waals surface area contributed by atoms with Gasteiger partial charge in [0.1, 0.15) is 11.5 Å². The molecule has 1 aromatic rings. The molecule has 0 saturated heterocycles. The molecule has 0 saturated carbocycles. The molecular formula is C19H31NO3Si. The standard InChI is InChI=1S/C19H31NO3Si/c1-15(21)10-11-18(22)20-13-12-16-8-7-9-17(14-16)23-24(5,6)19(2,3)4/h7-9,14H,10-13H2,1-6H3,(H,20,22). The fourth-order valence-electron chi connectivity index (χ4n) is 1.94. The Hall–Kier alpha value is -1.62. The molecule has 0 heterocycles. The summed E-state index contributed by atoms with van der Waals surface area (Å²) in [7, 11) is -1.84. The van der Waals surface area contributed by atoms with Crippen molar-refractivity contribution in [3.8, 4) is 5.75 Å². The molecule has 24 heavy (non-hydrogen) atoms. The number of carbonyl (C=O) groups excluding carboxylic acids is 2. The number of nitrogens with one attached hydrogen (secondary N) is 1. The van der Waals surface area contributed by atoms with Gasteiger partial charge >= 0.3 is 0 Å². The second-order valence-corrected chi connectivity index (χ2v) is 12.5. The Morgan fingerprint density at radius 1 is 1.17 bits per heavy atom. The normalized spacial score (nSPS) is 11.9. The lowest BCUT2D eigenvalue weighted by atomic mass is 10.1. The number of carbonyl (C=O) groups is 2. The van der Waals surface area contributed by atoms with Crippen molar-refractivity contribution in [2.45, 2.75) is 65.1 Å². The minimum absolute atomic E-state index is 0.0422. The van der Waals surface area contributed by atoms with E-state index in [1.54, 1.807) is 0 Å². The minimum atomic E-state index is -1.84. The van der Waals surface area contributed by atoms with E-state index < -0.39 is 8.32 Å². The molecule has 1 aromatic carbocycles. The third-order valence-electron chi connectivity index (χ3n) is 4.52. The predicted molar refractivity (Wildman–Crippen MR) is 101 cm³/mol. The van der Waals surface area contributed by atoms with E-state index in [9.17, 15) is 9.59 Å². The van der Waals surface area contributed by atoms with Gasteiger partial charge in [-0.25, -0.2) is 0 Å². The van der Waals surface area contributed by atoms with Gasteiger partial charge in [0, 0.05) is 19.4 Å². The molecule has 5 heteroatoms. The highest BCUT2D eigenvalue weighted by Crippen LogP contribution is 2.37. The first kappa shape index (κ1) is 20.4. The first-order chi connectivity index (χ1) is 11.0. The van der Waals surface area contributed by atoms with E-state index in [0.29, 0.717) is 13.0 Å². The van der Waals surface area contributed by atoms with Crippen molar-refractivity contribution in [2.24, 2.45) is 0 Å². The van der Waals surface area contributed by atoms with Gasteiger partial charge < -0.3 is 14.5 Å². The highest BCUT2D eigenvalue weighted by atomic mass is 28.4. The van der Waals surface area contributed by atoms with Crippen LogP contribution >= 0.6 is 0 Å². The van der Waals surface area contributed by atoms with E-state index in [2.05, 4.69) is 45.2 Å². The Morgan fingerprint density at radius 2 is 1.83 bits per heavy atom. The quantitative estimate of drug-likeness (QED) is 0.719. The molecule has 0 radical (unpaired) electrons. The summed E-state index contributed by atoms with van der Waals surface area (Å²) in [5.74, 6) is 0.876. The summed E-state index contributed by atoms with van der Waals surface area (Å²) >= 11 is 0. The van der Waals surface area contributed by atoms with Crippen LogP contribution in [-0.4, -0.2) is 26.6 Å². The van der Waals surface area contributed by atoms with Gasteiger partial charge in [0.25, 0.3) is 0 Å². The van der Waals surface area contributed by atoms with E-state index in [4.69, 9.17) is 4.43 Å². The Bertz CT molecular complexity index is 576. The zero-order valence-electron chi connectivity index (χ0n) is 15.9. The third kappa shape index (κ3) is 6.87. The number of benzene rings is 1. The number of hydrogen-bond donors (Lipinski definition) is 1. The average Bonchev–Trinajstić information content (AvgIpc) is 2.44. The van der Waals surface area contributed by atoms with Gasteiger partial charge in [-0.2, -0.15) is 0 Å². The summed E-state index contributed by atoms with van der Waals surface area (Å²) in [6.07, 6.45) is 1.33. The lowest BCUT2D eigenvalue weighted by molar-refractivity contribution is -0.124. The second-order valence-electron chi connectivity index (χ2n) is 7.81. The maximum atomic E-state index is 11.6. The number of amides is 1. The third-order valence-corrected chi connectivity index (χ3v) is 8.88. The highest BCUT2D eigenvalue weighted by Gasteiger charge is 2.38. The summed E-state index contributed by atoms with van der Waals surface area (Å²) in [6.45, 7) is 13.2. The van der Waals surface area contributed by atoms with Crippen LogP contribution in [0.3, 0.4) is 0 Å². The van der Waals surface area contributed by atoms with Crippen LogP contribution in [-0.2, 0) is 16.0 Å². The van der Waals surface area contributed by atoms with Crippen molar-refractivity contribution in [3.05, 3.63) is 29.8 Å². The smallest absolute Gasteiger partial charge is 0.250 e. The van der Waals surface area contributed by atoms with Crippen LogP contribution in [0, 0.1) is 0 Å². The zero-order valence-corrected chi connectivity index (χ0v) is 16.9. The van der Waals surface area contributed by atoms with Crippen LogP contribution in [0.1, 0.15) is 46.1 Å². The van der Waals surface area contributed by atoms with Crippen LogP contribution in [0.2, 0.25) is 18.1 Å². The molecule has 0 unspecified atom stereocenters. The molecular weight excluding hydrogens is 318 g/mol. The first-order valence-electron chi connectivity index (χ1n) is 8.55. The lowest BCUT2D eigenvalue weighted by Gasteiger charge is -2.36. The molecule has 0 bridgehead atoms. The highest BCUT2D eigenvalue weighted by molar-refractivity contribution is 6.74. The van der Waals surface area contributed by atoms with Crippen molar-refractivity contribution >= 4 is 20.0 Å². The van der Waals surface area contributed by atoms with Crippen LogP contribution in [0.15, 0.2) is 24.3 Å². The van der Waals surface area contributed by atoms with E-state index in [-0.39, 0.29) is 23.1 Å². The first-order valence-corrected chi connectivity index (χ1v) is 11.5. The Balaban J connectivity index is 2.54. The van der Waals surface area contributed by atoms with Gasteiger partial charge in [-0.05, 0) is 49.2 Å². The summed E-state index contributed by atoms with van der Waals surface area (Å²) in [4.78, 5) is 22.5. The van der Waals surface area contributed by atoms with Crippen LogP contribution in [0.4, 0.5) is 0 Å². The van der Waals surface area contributed by atoms with Gasteiger partial charge in [-0.1, -0.05) is 32.9 Å². The average molecular weight is 350 g/mol. The number of rotatable bonds is 8. The molecule has 4 nitrogen and oxygen atoms in total. The van der Waals surface area contributed by atoms with Gasteiger partial charge in [-0.15, -0.1) is 0 Å². The van der Waals surface area contributed by atoms with Gasteiger partial charge in [-0.3, -0.25) is 4.79 Å². The molecule has 0 fully saturated rings. The van der Waals surface area contributed by atoms with Crippen LogP contribution in [0.25, 0.3) is 0 Å². The molecule has 0 atom stereocenters. The number of ketones is 1. The van der Waals surface area contributed by atoms with Crippen LogP contribution < -0.4 is 9.74 Å². The van der Waals surface area contributed by atoms with E-state index >= 15 is 0 Å². The summed E-state index contributed by atoms with van der Waals surface area (Å²) < 4.78 is 6.31. The zero-order chi connectivity index (χ0) is 18.4. The van der Waals surface area contributed by atoms with E-state index in [0.717, 1.165) is 17.7 Å². The Morgan fingerprint density at radius 3 is 2.42 bits per heavy atom. The van der Waals surface area contributed by atoms with Crippen molar-refractivity contribution in [2.75, 3.05) is 6.54 Å². The Kier molecular flexibility index (Phi) is 7.20. The molecule has 1 N–H and O–H groups in total. The minimum Gasteiger partial charge on any atom is -0.543 e. The molecule has 0 aliphatic rings. The molecule has 134 valence electrons. The maximum absolute atomic E-state index is 11.6. The fraction of sp³-hybridized carbons (Fsp3) is 0.579. The van der Waals surface area contributed by atoms with E-state index in [1.807, 2.05) is 18.2 Å². The van der Waals surface area contributed by atoms with E-state index in [1.165, 1.54) is 6.92 Å². The molecule has 0 aliphatic carbocycles. The van der Waals surface area contributed by atoms with Crippen molar-refractivity contribution in [3.63, 3.8) is 0 Å². The molecule has 0 aromatic heterocycles. The van der Waals surface area contributed by atoms with Crippen LogP contribution in [0.5, 0.6) is 5.75 Å². The maximum Gasteiger partial charge on any atom is 0.250 e. The molecule has 0 aliphatic heterocycles. The summed E-state index contributed by atoms with van der Waals surface area (Å²) in [6, 6.07) is 8.09. The summed E-state index contributed by atoms with van der Waals surface area (Å²) in [5, 5.41) is 3.02. The fourth-order valence-corrected chi connectivity index (χ4v) is 2.96. The second kappa shape index (κ2) is 8.47. The monoisotopic (exact) mass is 349 g/mol. The van der Waals surface area contributed by atoms with Gasteiger partial charge in [0.2, 0.25) is 14.2 Å².